The number of methoxy groups -OCH3 is 1. The molecule has 1 aromatic carbocycles. The number of aromatic nitrogens is 2. The van der Waals surface area contributed by atoms with Crippen LogP contribution in [0.2, 0.25) is 0 Å². The van der Waals surface area contributed by atoms with Gasteiger partial charge >= 0.3 is 0 Å². The summed E-state index contributed by atoms with van der Waals surface area (Å²) in [6.45, 7) is 2.74. The van der Waals surface area contributed by atoms with Gasteiger partial charge in [0.1, 0.15) is 11.6 Å². The second-order valence-electron chi connectivity index (χ2n) is 4.44. The fraction of sp³-hybridized carbons (Fsp3) is 0.333. The van der Waals surface area contributed by atoms with Gasteiger partial charge in [-0.05, 0) is 26.1 Å². The van der Waals surface area contributed by atoms with Crippen LogP contribution in [0, 0.1) is 6.92 Å². The molecule has 4 heteroatoms. The van der Waals surface area contributed by atoms with Gasteiger partial charge in [-0.2, -0.15) is 0 Å². The molecule has 2 aromatic rings. The average Bonchev–Trinajstić information content (AvgIpc) is 2.39. The molecule has 0 aliphatic rings. The van der Waals surface area contributed by atoms with Gasteiger partial charge in [0.15, 0.2) is 0 Å². The molecule has 100 valence electrons. The largest absolute Gasteiger partial charge is 0.496 e. The summed E-state index contributed by atoms with van der Waals surface area (Å²) >= 11 is 0. The first kappa shape index (κ1) is 13.5. The molecule has 2 rings (SSSR count). The minimum Gasteiger partial charge on any atom is -0.496 e. The number of rotatable bonds is 5. The molecule has 0 atom stereocenters. The van der Waals surface area contributed by atoms with Crippen LogP contribution in [0.15, 0.2) is 30.3 Å². The summed E-state index contributed by atoms with van der Waals surface area (Å²) in [6.07, 6.45) is 0.683. The van der Waals surface area contributed by atoms with Gasteiger partial charge in [0.05, 0.1) is 12.8 Å². The molecule has 0 amide bonds. The SMILES string of the molecule is CNCc1cc(C)nc(Cc2ccccc2OC)n1. The molecule has 0 bridgehead atoms. The molecular formula is C15H19N3O. The first-order valence-electron chi connectivity index (χ1n) is 6.33. The topological polar surface area (TPSA) is 47.0 Å². The first-order chi connectivity index (χ1) is 9.22. The van der Waals surface area contributed by atoms with Crippen molar-refractivity contribution < 1.29 is 4.74 Å². The van der Waals surface area contributed by atoms with E-state index >= 15 is 0 Å². The van der Waals surface area contributed by atoms with Crippen LogP contribution in [0.4, 0.5) is 0 Å². The standard InChI is InChI=1S/C15H19N3O/c1-11-8-13(10-16-2)18-15(17-11)9-12-6-4-5-7-14(12)19-3/h4-8,16H,9-10H2,1-3H3. The van der Waals surface area contributed by atoms with Gasteiger partial charge in [0.2, 0.25) is 0 Å². The van der Waals surface area contributed by atoms with E-state index in [4.69, 9.17) is 4.74 Å². The molecule has 0 saturated heterocycles. The van der Waals surface area contributed by atoms with E-state index in [1.54, 1.807) is 7.11 Å². The summed E-state index contributed by atoms with van der Waals surface area (Å²) in [7, 11) is 3.60. The highest BCUT2D eigenvalue weighted by atomic mass is 16.5. The summed E-state index contributed by atoms with van der Waals surface area (Å²) in [5, 5.41) is 3.11. The van der Waals surface area contributed by atoms with Crippen LogP contribution >= 0.6 is 0 Å². The van der Waals surface area contributed by atoms with Crippen LogP contribution in [-0.4, -0.2) is 24.1 Å². The molecule has 0 aliphatic carbocycles. The maximum Gasteiger partial charge on any atom is 0.133 e. The summed E-state index contributed by atoms with van der Waals surface area (Å²) < 4.78 is 5.36. The van der Waals surface area contributed by atoms with Crippen LogP contribution in [-0.2, 0) is 13.0 Å². The summed E-state index contributed by atoms with van der Waals surface area (Å²) in [5.41, 5.74) is 3.11. The smallest absolute Gasteiger partial charge is 0.133 e. The van der Waals surface area contributed by atoms with Gasteiger partial charge in [-0.1, -0.05) is 18.2 Å². The monoisotopic (exact) mass is 257 g/mol. The molecule has 0 saturated carbocycles. The highest BCUT2D eigenvalue weighted by Crippen LogP contribution is 2.19. The van der Waals surface area contributed by atoms with Crippen molar-refractivity contribution in [2.75, 3.05) is 14.2 Å². The summed E-state index contributed by atoms with van der Waals surface area (Å²) in [6, 6.07) is 9.97. The Morgan fingerprint density at radius 2 is 2.00 bits per heavy atom. The van der Waals surface area contributed by atoms with E-state index in [9.17, 15) is 0 Å². The maximum atomic E-state index is 5.36. The van der Waals surface area contributed by atoms with Gasteiger partial charge in [-0.3, -0.25) is 0 Å². The number of ether oxygens (including phenoxy) is 1. The number of hydrogen-bond acceptors (Lipinski definition) is 4. The lowest BCUT2D eigenvalue weighted by atomic mass is 10.1. The average molecular weight is 257 g/mol. The molecule has 0 aliphatic heterocycles. The van der Waals surface area contributed by atoms with Gasteiger partial charge in [0.25, 0.3) is 0 Å². The second kappa shape index (κ2) is 6.29. The number of benzene rings is 1. The highest BCUT2D eigenvalue weighted by molar-refractivity contribution is 5.35. The molecule has 1 heterocycles. The van der Waals surface area contributed by atoms with Crippen molar-refractivity contribution in [3.63, 3.8) is 0 Å². The van der Waals surface area contributed by atoms with Crippen molar-refractivity contribution in [3.8, 4) is 5.75 Å². The van der Waals surface area contributed by atoms with Crippen molar-refractivity contribution >= 4 is 0 Å². The Kier molecular flexibility index (Phi) is 4.47. The van der Waals surface area contributed by atoms with Crippen molar-refractivity contribution in [1.29, 1.82) is 0 Å². The third-order valence-corrected chi connectivity index (χ3v) is 2.85. The van der Waals surface area contributed by atoms with Crippen molar-refractivity contribution in [1.82, 2.24) is 15.3 Å². The maximum absolute atomic E-state index is 5.36. The zero-order valence-electron chi connectivity index (χ0n) is 11.6. The van der Waals surface area contributed by atoms with Crippen LogP contribution in [0.3, 0.4) is 0 Å². The van der Waals surface area contributed by atoms with E-state index in [0.29, 0.717) is 6.42 Å². The molecule has 0 unspecified atom stereocenters. The first-order valence-corrected chi connectivity index (χ1v) is 6.33. The molecule has 1 N–H and O–H groups in total. The molecule has 0 radical (unpaired) electrons. The number of nitrogens with one attached hydrogen (secondary N) is 1. The van der Waals surface area contributed by atoms with Crippen molar-refractivity contribution in [3.05, 3.63) is 53.1 Å². The Bertz CT molecular complexity index is 555. The highest BCUT2D eigenvalue weighted by Gasteiger charge is 2.07. The van der Waals surface area contributed by atoms with Crippen LogP contribution in [0.1, 0.15) is 22.8 Å². The number of hydrogen-bond donors (Lipinski definition) is 1. The number of nitrogens with zero attached hydrogens (tertiary/aromatic N) is 2. The van der Waals surface area contributed by atoms with Crippen LogP contribution in [0.5, 0.6) is 5.75 Å². The third kappa shape index (κ3) is 3.51. The minimum atomic E-state index is 0.683. The molecule has 0 spiro atoms. The van der Waals surface area contributed by atoms with E-state index in [1.807, 2.05) is 44.3 Å². The van der Waals surface area contributed by atoms with Crippen molar-refractivity contribution in [2.24, 2.45) is 0 Å². The lowest BCUT2D eigenvalue weighted by molar-refractivity contribution is 0.410. The van der Waals surface area contributed by atoms with Gasteiger partial charge in [-0.15, -0.1) is 0 Å². The van der Waals surface area contributed by atoms with E-state index in [2.05, 4.69) is 15.3 Å². The molecular weight excluding hydrogens is 238 g/mol. The van der Waals surface area contributed by atoms with E-state index in [-0.39, 0.29) is 0 Å². The Labute approximate surface area is 113 Å². The summed E-state index contributed by atoms with van der Waals surface area (Å²) in [4.78, 5) is 9.06. The quantitative estimate of drug-likeness (QED) is 0.891. The predicted molar refractivity (Wildman–Crippen MR) is 75.3 cm³/mol. The van der Waals surface area contributed by atoms with Crippen molar-refractivity contribution in [2.45, 2.75) is 19.9 Å². The van der Waals surface area contributed by atoms with Gasteiger partial charge in [0, 0.05) is 24.2 Å². The van der Waals surface area contributed by atoms with Gasteiger partial charge < -0.3 is 10.1 Å². The second-order valence-corrected chi connectivity index (χ2v) is 4.44. The lowest BCUT2D eigenvalue weighted by Crippen LogP contribution is -2.10. The molecule has 1 aromatic heterocycles. The summed E-state index contributed by atoms with van der Waals surface area (Å²) in [5.74, 6) is 1.71. The minimum absolute atomic E-state index is 0.683. The van der Waals surface area contributed by atoms with Crippen LogP contribution < -0.4 is 10.1 Å². The fourth-order valence-electron chi connectivity index (χ4n) is 2.07. The molecule has 0 fully saturated rings. The Morgan fingerprint density at radius 1 is 1.21 bits per heavy atom. The third-order valence-electron chi connectivity index (χ3n) is 2.85. The van der Waals surface area contributed by atoms with E-state index in [1.165, 1.54) is 0 Å². The molecule has 19 heavy (non-hydrogen) atoms. The fourth-order valence-corrected chi connectivity index (χ4v) is 2.07. The zero-order valence-corrected chi connectivity index (χ0v) is 11.6. The number of aryl methyl sites for hydroxylation is 1. The zero-order chi connectivity index (χ0) is 13.7. The lowest BCUT2D eigenvalue weighted by Gasteiger charge is -2.09. The Balaban J connectivity index is 2.27. The van der Waals surface area contributed by atoms with Gasteiger partial charge in [-0.25, -0.2) is 9.97 Å². The predicted octanol–water partition coefficient (Wildman–Crippen LogP) is 2.10. The Hall–Kier alpha value is -1.94. The normalized spacial score (nSPS) is 10.5. The van der Waals surface area contributed by atoms with E-state index in [0.717, 1.165) is 35.1 Å². The van der Waals surface area contributed by atoms with E-state index < -0.39 is 0 Å². The Morgan fingerprint density at radius 3 is 2.74 bits per heavy atom. The number of para-hydroxylation sites is 1. The molecule has 4 nitrogen and oxygen atoms in total. The van der Waals surface area contributed by atoms with Crippen LogP contribution in [0.25, 0.3) is 0 Å².